The fourth-order valence-electron chi connectivity index (χ4n) is 2.83. The Bertz CT molecular complexity index is 1310. The summed E-state index contributed by atoms with van der Waals surface area (Å²) in [6.07, 6.45) is 1.00. The molecule has 1 N–H and O–H groups in total. The van der Waals surface area contributed by atoms with Crippen molar-refractivity contribution in [1.29, 1.82) is 5.26 Å². The van der Waals surface area contributed by atoms with Crippen LogP contribution in [0.15, 0.2) is 97.6 Å². The van der Waals surface area contributed by atoms with Gasteiger partial charge in [0.15, 0.2) is 0 Å². The average molecular weight is 500 g/mol. The topological polar surface area (TPSA) is 123 Å². The minimum absolute atomic E-state index is 0.0147. The molecule has 3 aromatic rings. The second-order valence-corrected chi connectivity index (χ2v) is 7.38. The summed E-state index contributed by atoms with van der Waals surface area (Å²) in [7, 11) is 0. The molecule has 0 aliphatic carbocycles. The van der Waals surface area contributed by atoms with Gasteiger partial charge in [0.1, 0.15) is 30.3 Å². The van der Waals surface area contributed by atoms with Gasteiger partial charge in [0.2, 0.25) is 0 Å². The van der Waals surface area contributed by atoms with Crippen LogP contribution in [0.1, 0.15) is 22.8 Å². The van der Waals surface area contributed by atoms with Gasteiger partial charge in [-0.1, -0.05) is 61.7 Å². The molecular formula is C29H25NO7. The quantitative estimate of drug-likeness (QED) is 0.184. The van der Waals surface area contributed by atoms with E-state index in [0.29, 0.717) is 5.56 Å². The number of carbonyl (C=O) groups excluding carboxylic acids is 2. The van der Waals surface area contributed by atoms with Crippen LogP contribution in [0.3, 0.4) is 0 Å². The van der Waals surface area contributed by atoms with Crippen molar-refractivity contribution < 1.29 is 33.7 Å². The van der Waals surface area contributed by atoms with E-state index in [9.17, 15) is 19.5 Å². The molecule has 0 amide bonds. The van der Waals surface area contributed by atoms with Crippen LogP contribution in [-0.4, -0.2) is 36.2 Å². The van der Waals surface area contributed by atoms with E-state index in [2.05, 4.69) is 31.4 Å². The Morgan fingerprint density at radius 3 is 2.11 bits per heavy atom. The van der Waals surface area contributed by atoms with Crippen molar-refractivity contribution in [1.82, 2.24) is 0 Å². The Morgan fingerprint density at radius 1 is 0.919 bits per heavy atom. The summed E-state index contributed by atoms with van der Waals surface area (Å²) in [5.74, 6) is -2.86. The number of esters is 2. The average Bonchev–Trinajstić information content (AvgIpc) is 2.91. The highest BCUT2D eigenvalue weighted by molar-refractivity contribution is 5.96. The molecule has 0 unspecified atom stereocenters. The third kappa shape index (κ3) is 8.85. The predicted molar refractivity (Wildman–Crippen MR) is 137 cm³/mol. The molecule has 8 nitrogen and oxygen atoms in total. The molecule has 0 fully saturated rings. The molecule has 0 spiro atoms. The van der Waals surface area contributed by atoms with Crippen molar-refractivity contribution in [2.45, 2.75) is 6.92 Å². The van der Waals surface area contributed by atoms with E-state index in [1.807, 2.05) is 42.5 Å². The lowest BCUT2D eigenvalue weighted by atomic mass is 10.0. The Kier molecular flexibility index (Phi) is 10.8. The number of aromatic carboxylic acids is 1. The molecule has 0 bridgehead atoms. The standard InChI is InChI=1S/C16H16O7.C13H9N/c1-4-13(17)22-9-8-21-11-6-5-7-12(14(11)15(18)19)23-16(20)10(2)3;14-10-11-6-8-13(9-7-11)12-4-2-1-3-5-12/h4-7H,1-2,8-9H2,3H3,(H,18,19);1-9H. The highest BCUT2D eigenvalue weighted by Gasteiger charge is 2.20. The van der Waals surface area contributed by atoms with Crippen LogP contribution in [0.5, 0.6) is 11.5 Å². The van der Waals surface area contributed by atoms with E-state index >= 15 is 0 Å². The molecular weight excluding hydrogens is 474 g/mol. The van der Waals surface area contributed by atoms with Gasteiger partial charge in [-0.15, -0.1) is 0 Å². The number of benzene rings is 3. The van der Waals surface area contributed by atoms with Crippen LogP contribution in [0.25, 0.3) is 11.1 Å². The van der Waals surface area contributed by atoms with E-state index in [-0.39, 0.29) is 35.8 Å². The monoisotopic (exact) mass is 499 g/mol. The molecule has 0 atom stereocenters. The van der Waals surface area contributed by atoms with Gasteiger partial charge in [0, 0.05) is 11.6 Å². The Hall–Kier alpha value is -5.16. The lowest BCUT2D eigenvalue weighted by molar-refractivity contribution is -0.138. The van der Waals surface area contributed by atoms with Crippen LogP contribution < -0.4 is 9.47 Å². The zero-order valence-electron chi connectivity index (χ0n) is 20.2. The van der Waals surface area contributed by atoms with Gasteiger partial charge in [-0.25, -0.2) is 14.4 Å². The Labute approximate surface area is 214 Å². The van der Waals surface area contributed by atoms with Crippen LogP contribution in [0.4, 0.5) is 0 Å². The summed E-state index contributed by atoms with van der Waals surface area (Å²) < 4.78 is 15.0. The molecule has 0 saturated heterocycles. The Morgan fingerprint density at radius 2 is 1.54 bits per heavy atom. The number of carbonyl (C=O) groups is 3. The van der Waals surface area contributed by atoms with Crippen molar-refractivity contribution >= 4 is 17.9 Å². The molecule has 3 rings (SSSR count). The minimum atomic E-state index is -1.33. The first-order valence-electron chi connectivity index (χ1n) is 11.0. The summed E-state index contributed by atoms with van der Waals surface area (Å²) in [6, 6.07) is 24.0. The van der Waals surface area contributed by atoms with Crippen LogP contribution in [0, 0.1) is 11.3 Å². The first kappa shape index (κ1) is 28.1. The van der Waals surface area contributed by atoms with E-state index in [4.69, 9.17) is 19.5 Å². The third-order valence-electron chi connectivity index (χ3n) is 4.63. The van der Waals surface area contributed by atoms with Gasteiger partial charge in [0.05, 0.1) is 11.6 Å². The molecule has 8 heteroatoms. The predicted octanol–water partition coefficient (Wildman–Crippen LogP) is 5.20. The fraction of sp³-hybridized carbons (Fsp3) is 0.103. The fourth-order valence-corrected chi connectivity index (χ4v) is 2.83. The molecule has 0 aliphatic rings. The Balaban J connectivity index is 0.000000291. The number of carboxylic acids is 1. The van der Waals surface area contributed by atoms with Crippen molar-refractivity contribution in [3.05, 3.63) is 109 Å². The SMILES string of the molecule is C=CC(=O)OCCOc1cccc(OC(=O)C(=C)C)c1C(=O)O.N#Cc1ccc(-c2ccccc2)cc1. The summed E-state index contributed by atoms with van der Waals surface area (Å²) in [5, 5.41) is 17.9. The van der Waals surface area contributed by atoms with Crippen LogP contribution in [-0.2, 0) is 14.3 Å². The summed E-state index contributed by atoms with van der Waals surface area (Å²) >= 11 is 0. The maximum absolute atomic E-state index is 11.5. The molecule has 3 aromatic carbocycles. The number of ether oxygens (including phenoxy) is 3. The minimum Gasteiger partial charge on any atom is -0.489 e. The van der Waals surface area contributed by atoms with Crippen molar-refractivity contribution in [2.24, 2.45) is 0 Å². The van der Waals surface area contributed by atoms with E-state index in [0.717, 1.165) is 11.6 Å². The second-order valence-electron chi connectivity index (χ2n) is 7.38. The van der Waals surface area contributed by atoms with E-state index in [1.54, 1.807) is 0 Å². The van der Waals surface area contributed by atoms with E-state index in [1.165, 1.54) is 30.7 Å². The number of rotatable bonds is 9. The molecule has 37 heavy (non-hydrogen) atoms. The maximum Gasteiger partial charge on any atom is 0.343 e. The van der Waals surface area contributed by atoms with Crippen molar-refractivity contribution in [3.63, 3.8) is 0 Å². The first-order chi connectivity index (χ1) is 17.8. The van der Waals surface area contributed by atoms with Gasteiger partial charge < -0.3 is 19.3 Å². The van der Waals surface area contributed by atoms with Gasteiger partial charge in [-0.2, -0.15) is 5.26 Å². The summed E-state index contributed by atoms with van der Waals surface area (Å²) in [4.78, 5) is 33.8. The van der Waals surface area contributed by atoms with Crippen LogP contribution >= 0.6 is 0 Å². The number of nitriles is 1. The molecule has 0 radical (unpaired) electrons. The van der Waals surface area contributed by atoms with E-state index < -0.39 is 17.9 Å². The summed E-state index contributed by atoms with van der Waals surface area (Å²) in [6.45, 7) is 7.95. The third-order valence-corrected chi connectivity index (χ3v) is 4.63. The zero-order chi connectivity index (χ0) is 27.2. The molecule has 0 saturated carbocycles. The zero-order valence-corrected chi connectivity index (χ0v) is 20.2. The lowest BCUT2D eigenvalue weighted by Gasteiger charge is -2.12. The number of nitrogens with zero attached hydrogens (tertiary/aromatic N) is 1. The van der Waals surface area contributed by atoms with Crippen molar-refractivity contribution in [2.75, 3.05) is 13.2 Å². The highest BCUT2D eigenvalue weighted by Crippen LogP contribution is 2.29. The lowest BCUT2D eigenvalue weighted by Crippen LogP contribution is -2.14. The maximum atomic E-state index is 11.5. The van der Waals surface area contributed by atoms with Gasteiger partial charge >= 0.3 is 17.9 Å². The van der Waals surface area contributed by atoms with Gasteiger partial charge in [0.25, 0.3) is 0 Å². The number of hydrogen-bond acceptors (Lipinski definition) is 7. The van der Waals surface area contributed by atoms with Crippen LogP contribution in [0.2, 0.25) is 0 Å². The van der Waals surface area contributed by atoms with Gasteiger partial charge in [-0.3, -0.25) is 0 Å². The normalized spacial score (nSPS) is 9.51. The molecule has 0 aromatic heterocycles. The van der Waals surface area contributed by atoms with Gasteiger partial charge in [-0.05, 0) is 42.3 Å². The smallest absolute Gasteiger partial charge is 0.343 e. The second kappa shape index (κ2) is 14.3. The largest absolute Gasteiger partial charge is 0.489 e. The van der Waals surface area contributed by atoms with Crippen molar-refractivity contribution in [3.8, 4) is 28.7 Å². The molecule has 0 heterocycles. The number of carboxylic acid groups (broad SMARTS) is 1. The summed E-state index contributed by atoms with van der Waals surface area (Å²) in [5.41, 5.74) is 2.84. The molecule has 188 valence electrons. The number of hydrogen-bond donors (Lipinski definition) is 1. The highest BCUT2D eigenvalue weighted by atomic mass is 16.6. The molecule has 0 aliphatic heterocycles. The first-order valence-corrected chi connectivity index (χ1v) is 11.0.